The molecular formula is C14H24N4. The van der Waals surface area contributed by atoms with Crippen molar-refractivity contribution in [3.05, 3.63) is 17.7 Å². The van der Waals surface area contributed by atoms with Crippen molar-refractivity contribution in [2.75, 3.05) is 19.6 Å². The maximum atomic E-state index is 4.53. The maximum absolute atomic E-state index is 4.53. The predicted molar refractivity (Wildman–Crippen MR) is 72.4 cm³/mol. The van der Waals surface area contributed by atoms with Crippen molar-refractivity contribution in [3.63, 3.8) is 0 Å². The van der Waals surface area contributed by atoms with Crippen LogP contribution in [0.4, 0.5) is 0 Å². The van der Waals surface area contributed by atoms with Crippen LogP contribution in [0.25, 0.3) is 0 Å². The first-order valence-electron chi connectivity index (χ1n) is 7.14. The molecule has 100 valence electrons. The molecular weight excluding hydrogens is 224 g/mol. The van der Waals surface area contributed by atoms with Crippen molar-refractivity contribution in [2.24, 2.45) is 7.05 Å². The fraction of sp³-hybridized carbons (Fsp3) is 0.786. The van der Waals surface area contributed by atoms with Crippen molar-refractivity contribution in [1.82, 2.24) is 19.4 Å². The Bertz CT molecular complexity index is 413. The molecule has 3 aliphatic rings. The van der Waals surface area contributed by atoms with E-state index in [1.807, 2.05) is 6.33 Å². The van der Waals surface area contributed by atoms with Gasteiger partial charge in [-0.1, -0.05) is 6.92 Å². The van der Waals surface area contributed by atoms with Crippen LogP contribution in [0.1, 0.15) is 31.2 Å². The highest BCUT2D eigenvalue weighted by atomic mass is 15.4. The van der Waals surface area contributed by atoms with E-state index in [1.165, 1.54) is 43.9 Å². The molecule has 4 nitrogen and oxygen atoms in total. The lowest BCUT2D eigenvalue weighted by molar-refractivity contribution is -0.0753. The zero-order valence-electron chi connectivity index (χ0n) is 11.8. The van der Waals surface area contributed by atoms with Crippen molar-refractivity contribution in [3.8, 4) is 0 Å². The van der Waals surface area contributed by atoms with Crippen LogP contribution in [0.3, 0.4) is 0 Å². The van der Waals surface area contributed by atoms with Gasteiger partial charge in [0.1, 0.15) is 0 Å². The highest BCUT2D eigenvalue weighted by molar-refractivity contribution is 5.13. The molecule has 0 saturated carbocycles. The topological polar surface area (TPSA) is 24.3 Å². The maximum Gasteiger partial charge on any atom is 0.0949 e. The summed E-state index contributed by atoms with van der Waals surface area (Å²) in [5.74, 6) is 0. The summed E-state index contributed by atoms with van der Waals surface area (Å²) < 4.78 is 2.12. The van der Waals surface area contributed by atoms with Crippen molar-refractivity contribution in [2.45, 2.75) is 45.3 Å². The zero-order valence-corrected chi connectivity index (χ0v) is 11.8. The third-order valence-electron chi connectivity index (χ3n) is 4.63. The summed E-state index contributed by atoms with van der Waals surface area (Å²) in [5.41, 5.74) is 2.57. The monoisotopic (exact) mass is 248 g/mol. The van der Waals surface area contributed by atoms with E-state index in [9.17, 15) is 0 Å². The number of piperazine rings is 1. The van der Waals surface area contributed by atoms with Crippen LogP contribution >= 0.6 is 0 Å². The summed E-state index contributed by atoms with van der Waals surface area (Å²) in [7, 11) is 2.08. The Labute approximate surface area is 110 Å². The SMILES string of the molecule is CCCN1CC2CC(C1)N2Cc1ncn(C)c1C. The van der Waals surface area contributed by atoms with Gasteiger partial charge < -0.3 is 9.47 Å². The average molecular weight is 248 g/mol. The Morgan fingerprint density at radius 1 is 1.33 bits per heavy atom. The summed E-state index contributed by atoms with van der Waals surface area (Å²) in [6.45, 7) is 9.27. The standard InChI is InChI=1S/C14H24N4/c1-4-5-17-7-12-6-13(8-17)18(12)9-14-11(2)16(3)10-15-14/h10,12-13H,4-9H2,1-3H3. The van der Waals surface area contributed by atoms with Crippen LogP contribution in [-0.2, 0) is 13.6 Å². The molecule has 4 heteroatoms. The number of hydrogen-bond donors (Lipinski definition) is 0. The summed E-state index contributed by atoms with van der Waals surface area (Å²) >= 11 is 0. The van der Waals surface area contributed by atoms with Crippen LogP contribution in [0.5, 0.6) is 0 Å². The summed E-state index contributed by atoms with van der Waals surface area (Å²) in [6, 6.07) is 1.55. The van der Waals surface area contributed by atoms with Gasteiger partial charge in [-0.25, -0.2) is 4.98 Å². The van der Waals surface area contributed by atoms with Gasteiger partial charge in [-0.3, -0.25) is 4.90 Å². The summed E-state index contributed by atoms with van der Waals surface area (Å²) in [5, 5.41) is 0. The number of fused-ring (bicyclic) bond motifs is 2. The van der Waals surface area contributed by atoms with Crippen LogP contribution < -0.4 is 0 Å². The number of imidazole rings is 1. The number of aromatic nitrogens is 2. The second-order valence-corrected chi connectivity index (χ2v) is 5.86. The van der Waals surface area contributed by atoms with E-state index in [1.54, 1.807) is 0 Å². The number of nitrogens with zero attached hydrogens (tertiary/aromatic N) is 4. The molecule has 3 fully saturated rings. The molecule has 2 bridgehead atoms. The third kappa shape index (κ3) is 1.97. The minimum Gasteiger partial charge on any atom is -0.338 e. The number of piperidine rings is 1. The molecule has 4 heterocycles. The lowest BCUT2D eigenvalue weighted by atomic mass is 9.87. The van der Waals surface area contributed by atoms with E-state index in [0.717, 1.165) is 18.6 Å². The van der Waals surface area contributed by atoms with Crippen LogP contribution in [0.15, 0.2) is 6.33 Å². The van der Waals surface area contributed by atoms with Crippen LogP contribution in [-0.4, -0.2) is 51.1 Å². The van der Waals surface area contributed by atoms with E-state index in [2.05, 4.69) is 40.2 Å². The molecule has 0 amide bonds. The van der Waals surface area contributed by atoms with Crippen LogP contribution in [0.2, 0.25) is 0 Å². The van der Waals surface area contributed by atoms with E-state index in [0.29, 0.717) is 0 Å². The first-order chi connectivity index (χ1) is 8.69. The minimum absolute atomic E-state index is 0.775. The second kappa shape index (κ2) is 4.67. The predicted octanol–water partition coefficient (Wildman–Crippen LogP) is 1.40. The number of hydrogen-bond acceptors (Lipinski definition) is 3. The van der Waals surface area contributed by atoms with E-state index in [4.69, 9.17) is 0 Å². The molecule has 3 aliphatic heterocycles. The Balaban J connectivity index is 1.62. The lowest BCUT2D eigenvalue weighted by Gasteiger charge is -2.56. The minimum atomic E-state index is 0.775. The van der Waals surface area contributed by atoms with Crippen molar-refractivity contribution in [1.29, 1.82) is 0 Å². The van der Waals surface area contributed by atoms with Crippen LogP contribution in [0, 0.1) is 6.92 Å². The Hall–Kier alpha value is -0.870. The van der Waals surface area contributed by atoms with Gasteiger partial charge in [-0.2, -0.15) is 0 Å². The lowest BCUT2D eigenvalue weighted by Crippen LogP contribution is -2.68. The molecule has 18 heavy (non-hydrogen) atoms. The van der Waals surface area contributed by atoms with Gasteiger partial charge in [-0.05, 0) is 26.3 Å². The Kier molecular flexibility index (Phi) is 3.16. The average Bonchev–Trinajstić information content (AvgIpc) is 2.68. The largest absolute Gasteiger partial charge is 0.338 e. The fourth-order valence-electron chi connectivity index (χ4n) is 3.40. The molecule has 0 N–H and O–H groups in total. The first kappa shape index (κ1) is 12.2. The first-order valence-corrected chi connectivity index (χ1v) is 7.14. The van der Waals surface area contributed by atoms with Crippen molar-refractivity contribution < 1.29 is 0 Å². The number of aryl methyl sites for hydroxylation is 1. The molecule has 0 aromatic carbocycles. The molecule has 3 saturated heterocycles. The molecule has 0 spiro atoms. The molecule has 2 atom stereocenters. The van der Waals surface area contributed by atoms with Gasteiger partial charge in [0.05, 0.1) is 12.0 Å². The van der Waals surface area contributed by atoms with Gasteiger partial charge in [0, 0.05) is 44.5 Å². The fourth-order valence-corrected chi connectivity index (χ4v) is 3.40. The van der Waals surface area contributed by atoms with Gasteiger partial charge in [0.2, 0.25) is 0 Å². The molecule has 1 aromatic heterocycles. The Morgan fingerprint density at radius 3 is 2.61 bits per heavy atom. The molecule has 0 radical (unpaired) electrons. The number of rotatable bonds is 4. The normalized spacial score (nSPS) is 28.4. The van der Waals surface area contributed by atoms with Gasteiger partial charge in [0.15, 0.2) is 0 Å². The molecule has 1 aromatic rings. The van der Waals surface area contributed by atoms with Crippen molar-refractivity contribution >= 4 is 0 Å². The Morgan fingerprint density at radius 2 is 2.06 bits per heavy atom. The van der Waals surface area contributed by atoms with Gasteiger partial charge in [0.25, 0.3) is 0 Å². The zero-order chi connectivity index (χ0) is 12.7. The van der Waals surface area contributed by atoms with E-state index in [-0.39, 0.29) is 0 Å². The van der Waals surface area contributed by atoms with E-state index >= 15 is 0 Å². The molecule has 2 unspecified atom stereocenters. The van der Waals surface area contributed by atoms with E-state index < -0.39 is 0 Å². The quantitative estimate of drug-likeness (QED) is 0.805. The van der Waals surface area contributed by atoms with Gasteiger partial charge >= 0.3 is 0 Å². The summed E-state index contributed by atoms with van der Waals surface area (Å²) in [4.78, 5) is 9.81. The summed E-state index contributed by atoms with van der Waals surface area (Å²) in [6.07, 6.45) is 4.61. The molecule has 4 rings (SSSR count). The van der Waals surface area contributed by atoms with Gasteiger partial charge in [-0.15, -0.1) is 0 Å². The highest BCUT2D eigenvalue weighted by Crippen LogP contribution is 2.33. The third-order valence-corrected chi connectivity index (χ3v) is 4.63. The smallest absolute Gasteiger partial charge is 0.0949 e. The molecule has 0 aliphatic carbocycles. The second-order valence-electron chi connectivity index (χ2n) is 5.86. The highest BCUT2D eigenvalue weighted by Gasteiger charge is 2.44.